The highest BCUT2D eigenvalue weighted by Gasteiger charge is 2.07. The van der Waals surface area contributed by atoms with Crippen LogP contribution >= 0.6 is 0 Å². The zero-order valence-electron chi connectivity index (χ0n) is 12.6. The number of rotatable bonds is 5. The third kappa shape index (κ3) is 4.93. The summed E-state index contributed by atoms with van der Waals surface area (Å²) in [5.74, 6) is -1.79. The highest BCUT2D eigenvalue weighted by molar-refractivity contribution is 6.13. The highest BCUT2D eigenvalue weighted by atomic mass is 16.4. The molecule has 0 aliphatic carbocycles. The molecule has 0 radical (unpaired) electrons. The standard InChI is InChI=1S/C18H16N2O3/c1-13-7-9-15(10-8-13)18(14-5-3-2-4-6-14)20-19-16(21)11-12-17(22)23/h2-12H,1H3,(H,19,21)(H,22,23)/b12-11-,20-18-. The lowest BCUT2D eigenvalue weighted by Gasteiger charge is -2.07. The lowest BCUT2D eigenvalue weighted by molar-refractivity contribution is -0.131. The summed E-state index contributed by atoms with van der Waals surface area (Å²) in [6.07, 6.45) is 1.68. The van der Waals surface area contributed by atoms with Gasteiger partial charge in [0.25, 0.3) is 5.91 Å². The molecule has 2 aromatic rings. The molecule has 0 spiro atoms. The predicted molar refractivity (Wildman–Crippen MR) is 88.2 cm³/mol. The molecule has 0 saturated carbocycles. The smallest absolute Gasteiger partial charge is 0.328 e. The topological polar surface area (TPSA) is 78.8 Å². The van der Waals surface area contributed by atoms with Crippen LogP contribution in [0.25, 0.3) is 0 Å². The molecule has 0 aliphatic rings. The summed E-state index contributed by atoms with van der Waals surface area (Å²) in [5, 5.41) is 12.7. The molecule has 1 amide bonds. The van der Waals surface area contributed by atoms with E-state index in [2.05, 4.69) is 10.5 Å². The van der Waals surface area contributed by atoms with Crippen molar-refractivity contribution in [2.24, 2.45) is 5.10 Å². The Balaban J connectivity index is 2.30. The molecule has 5 heteroatoms. The molecule has 5 nitrogen and oxygen atoms in total. The molecule has 0 aromatic heterocycles. The summed E-state index contributed by atoms with van der Waals surface area (Å²) in [4.78, 5) is 22.0. The maximum Gasteiger partial charge on any atom is 0.328 e. The van der Waals surface area contributed by atoms with Crippen LogP contribution in [0, 0.1) is 6.92 Å². The van der Waals surface area contributed by atoms with Gasteiger partial charge in [0, 0.05) is 23.3 Å². The van der Waals surface area contributed by atoms with Crippen molar-refractivity contribution < 1.29 is 14.7 Å². The molecule has 2 N–H and O–H groups in total. The van der Waals surface area contributed by atoms with Crippen molar-refractivity contribution in [1.82, 2.24) is 5.43 Å². The Kier molecular flexibility index (Phi) is 5.41. The maximum atomic E-state index is 11.6. The molecule has 116 valence electrons. The first-order valence-corrected chi connectivity index (χ1v) is 6.97. The van der Waals surface area contributed by atoms with Crippen molar-refractivity contribution >= 4 is 17.6 Å². The molecule has 0 bridgehead atoms. The van der Waals surface area contributed by atoms with Gasteiger partial charge in [0.05, 0.1) is 5.71 Å². The van der Waals surface area contributed by atoms with Gasteiger partial charge in [-0.05, 0) is 6.92 Å². The Hall–Kier alpha value is -3.21. The van der Waals surface area contributed by atoms with E-state index in [1.54, 1.807) is 0 Å². The van der Waals surface area contributed by atoms with E-state index in [1.807, 2.05) is 61.5 Å². The predicted octanol–water partition coefficient (Wildman–Crippen LogP) is 2.50. The van der Waals surface area contributed by atoms with Gasteiger partial charge < -0.3 is 5.11 Å². The van der Waals surface area contributed by atoms with Crippen molar-refractivity contribution in [3.05, 3.63) is 83.4 Å². The number of carbonyl (C=O) groups is 2. The van der Waals surface area contributed by atoms with Crippen LogP contribution in [0.4, 0.5) is 0 Å². The van der Waals surface area contributed by atoms with E-state index in [9.17, 15) is 9.59 Å². The van der Waals surface area contributed by atoms with Crippen molar-refractivity contribution in [2.75, 3.05) is 0 Å². The van der Waals surface area contributed by atoms with Gasteiger partial charge >= 0.3 is 5.97 Å². The Morgan fingerprint density at radius 2 is 1.57 bits per heavy atom. The normalized spacial score (nSPS) is 11.4. The Morgan fingerprint density at radius 1 is 0.957 bits per heavy atom. The number of carboxylic acids is 1. The van der Waals surface area contributed by atoms with Crippen molar-refractivity contribution in [1.29, 1.82) is 0 Å². The fourth-order valence-electron chi connectivity index (χ4n) is 1.90. The second-order valence-corrected chi connectivity index (χ2v) is 4.84. The van der Waals surface area contributed by atoms with Crippen molar-refractivity contribution in [2.45, 2.75) is 6.92 Å². The minimum Gasteiger partial charge on any atom is -0.478 e. The van der Waals surface area contributed by atoms with Crippen LogP contribution in [0.5, 0.6) is 0 Å². The average Bonchev–Trinajstić information content (AvgIpc) is 2.55. The molecule has 0 atom stereocenters. The van der Waals surface area contributed by atoms with E-state index in [1.165, 1.54) is 0 Å². The summed E-state index contributed by atoms with van der Waals surface area (Å²) < 4.78 is 0. The Labute approximate surface area is 134 Å². The molecular formula is C18H16N2O3. The van der Waals surface area contributed by atoms with E-state index in [0.29, 0.717) is 5.71 Å². The van der Waals surface area contributed by atoms with Gasteiger partial charge in [-0.15, -0.1) is 0 Å². The fraction of sp³-hybridized carbons (Fsp3) is 0.0556. The molecule has 0 unspecified atom stereocenters. The molecule has 2 rings (SSSR count). The number of hydrogen-bond donors (Lipinski definition) is 2. The van der Waals surface area contributed by atoms with Crippen LogP contribution in [-0.2, 0) is 9.59 Å². The van der Waals surface area contributed by atoms with E-state index < -0.39 is 11.9 Å². The first kappa shape index (κ1) is 16.2. The van der Waals surface area contributed by atoms with Crippen LogP contribution in [0.2, 0.25) is 0 Å². The second kappa shape index (κ2) is 7.70. The monoisotopic (exact) mass is 308 g/mol. The summed E-state index contributed by atoms with van der Waals surface area (Å²) in [6.45, 7) is 1.99. The molecule has 23 heavy (non-hydrogen) atoms. The Bertz CT molecular complexity index is 748. The average molecular weight is 308 g/mol. The molecule has 0 aliphatic heterocycles. The molecular weight excluding hydrogens is 292 g/mol. The number of amides is 1. The van der Waals surface area contributed by atoms with Crippen LogP contribution in [0.15, 0.2) is 71.9 Å². The number of benzene rings is 2. The lowest BCUT2D eigenvalue weighted by atomic mass is 10.0. The summed E-state index contributed by atoms with van der Waals surface area (Å²) in [7, 11) is 0. The summed E-state index contributed by atoms with van der Waals surface area (Å²) >= 11 is 0. The third-order valence-electron chi connectivity index (χ3n) is 3.03. The molecule has 0 heterocycles. The van der Waals surface area contributed by atoms with E-state index in [4.69, 9.17) is 5.11 Å². The number of nitrogens with one attached hydrogen (secondary N) is 1. The van der Waals surface area contributed by atoms with E-state index in [0.717, 1.165) is 28.8 Å². The third-order valence-corrected chi connectivity index (χ3v) is 3.03. The number of aryl methyl sites for hydroxylation is 1. The lowest BCUT2D eigenvalue weighted by Crippen LogP contribution is -2.18. The van der Waals surface area contributed by atoms with Gasteiger partial charge in [0.15, 0.2) is 0 Å². The van der Waals surface area contributed by atoms with Crippen LogP contribution < -0.4 is 5.43 Å². The quantitative estimate of drug-likeness (QED) is 0.506. The zero-order valence-corrected chi connectivity index (χ0v) is 12.6. The SMILES string of the molecule is Cc1ccc(/C(=N\NC(=O)/C=C\C(=O)O)c2ccccc2)cc1. The number of carboxylic acid groups (broad SMARTS) is 1. The van der Waals surface area contributed by atoms with E-state index >= 15 is 0 Å². The van der Waals surface area contributed by atoms with Gasteiger partial charge in [-0.3, -0.25) is 4.79 Å². The van der Waals surface area contributed by atoms with Crippen molar-refractivity contribution in [3.63, 3.8) is 0 Å². The first-order chi connectivity index (χ1) is 11.1. The van der Waals surface area contributed by atoms with Gasteiger partial charge in [0.1, 0.15) is 0 Å². The largest absolute Gasteiger partial charge is 0.478 e. The van der Waals surface area contributed by atoms with Crippen LogP contribution in [-0.4, -0.2) is 22.7 Å². The van der Waals surface area contributed by atoms with Crippen LogP contribution in [0.3, 0.4) is 0 Å². The van der Waals surface area contributed by atoms with Gasteiger partial charge in [0.2, 0.25) is 0 Å². The molecule has 0 saturated heterocycles. The molecule has 2 aromatic carbocycles. The van der Waals surface area contributed by atoms with Gasteiger partial charge in [-0.25, -0.2) is 10.2 Å². The van der Waals surface area contributed by atoms with E-state index in [-0.39, 0.29) is 0 Å². The number of aliphatic carboxylic acids is 1. The number of nitrogens with zero attached hydrogens (tertiary/aromatic N) is 1. The number of hydrazone groups is 1. The fourth-order valence-corrected chi connectivity index (χ4v) is 1.90. The molecule has 0 fully saturated rings. The second-order valence-electron chi connectivity index (χ2n) is 4.84. The first-order valence-electron chi connectivity index (χ1n) is 6.97. The minimum atomic E-state index is -1.19. The zero-order chi connectivity index (χ0) is 16.7. The van der Waals surface area contributed by atoms with Crippen molar-refractivity contribution in [3.8, 4) is 0 Å². The number of hydrogen-bond acceptors (Lipinski definition) is 3. The summed E-state index contributed by atoms with van der Waals surface area (Å²) in [6, 6.07) is 17.2. The number of carbonyl (C=O) groups excluding carboxylic acids is 1. The maximum absolute atomic E-state index is 11.6. The Morgan fingerprint density at radius 3 is 2.17 bits per heavy atom. The van der Waals surface area contributed by atoms with Crippen LogP contribution in [0.1, 0.15) is 16.7 Å². The highest BCUT2D eigenvalue weighted by Crippen LogP contribution is 2.11. The minimum absolute atomic E-state index is 0.600. The summed E-state index contributed by atoms with van der Waals surface area (Å²) in [5.41, 5.74) is 5.77. The van der Waals surface area contributed by atoms with Gasteiger partial charge in [-0.1, -0.05) is 60.2 Å². The van der Waals surface area contributed by atoms with Gasteiger partial charge in [-0.2, -0.15) is 5.10 Å².